The third kappa shape index (κ3) is 3.91. The lowest BCUT2D eigenvalue weighted by atomic mass is 10.0. The lowest BCUT2D eigenvalue weighted by Crippen LogP contribution is -2.42. The minimum absolute atomic E-state index is 0.0385. The fraction of sp³-hybridized carbons (Fsp3) is 0.471. The van der Waals surface area contributed by atoms with Gasteiger partial charge in [0, 0.05) is 42.7 Å². The van der Waals surface area contributed by atoms with Crippen LogP contribution in [0.5, 0.6) is 5.75 Å². The van der Waals surface area contributed by atoms with Crippen molar-refractivity contribution >= 4 is 11.3 Å². The molecule has 0 spiro atoms. The normalized spacial score (nSPS) is 17.8. The molecule has 0 bridgehead atoms. The first-order valence-electron chi connectivity index (χ1n) is 8.03. The van der Waals surface area contributed by atoms with Crippen LogP contribution in [0.25, 0.3) is 0 Å². The molecular formula is C17H21F2N3OS. The zero-order valence-corrected chi connectivity index (χ0v) is 14.4. The molecule has 0 radical (unpaired) electrons. The second-order valence-corrected chi connectivity index (χ2v) is 6.90. The Labute approximate surface area is 144 Å². The molecule has 24 heavy (non-hydrogen) atoms. The minimum Gasteiger partial charge on any atom is -0.490 e. The van der Waals surface area contributed by atoms with Crippen LogP contribution in [0.2, 0.25) is 0 Å². The maximum Gasteiger partial charge on any atom is 0.129 e. The highest BCUT2D eigenvalue weighted by atomic mass is 32.1. The number of halogens is 2. The summed E-state index contributed by atoms with van der Waals surface area (Å²) in [6.07, 6.45) is 1.56. The second-order valence-electron chi connectivity index (χ2n) is 6.01. The Morgan fingerprint density at radius 2 is 1.96 bits per heavy atom. The highest BCUT2D eigenvalue weighted by Gasteiger charge is 2.28. The first-order valence-corrected chi connectivity index (χ1v) is 8.91. The monoisotopic (exact) mass is 353 g/mol. The van der Waals surface area contributed by atoms with Gasteiger partial charge in [-0.3, -0.25) is 4.90 Å². The van der Waals surface area contributed by atoms with Gasteiger partial charge in [-0.1, -0.05) is 0 Å². The van der Waals surface area contributed by atoms with Gasteiger partial charge < -0.3 is 10.5 Å². The number of piperidine rings is 1. The van der Waals surface area contributed by atoms with Gasteiger partial charge in [-0.15, -0.1) is 11.3 Å². The Kier molecular flexibility index (Phi) is 5.43. The largest absolute Gasteiger partial charge is 0.490 e. The third-order valence-corrected chi connectivity index (χ3v) is 5.40. The highest BCUT2D eigenvalue weighted by Crippen LogP contribution is 2.30. The molecule has 3 rings (SSSR count). The molecule has 1 aromatic carbocycles. The van der Waals surface area contributed by atoms with E-state index in [1.807, 2.05) is 12.4 Å². The van der Waals surface area contributed by atoms with E-state index in [9.17, 15) is 8.78 Å². The Morgan fingerprint density at radius 1 is 1.29 bits per heavy atom. The van der Waals surface area contributed by atoms with E-state index in [0.717, 1.165) is 37.7 Å². The van der Waals surface area contributed by atoms with Crippen LogP contribution >= 0.6 is 11.3 Å². The molecule has 0 aliphatic carbocycles. The number of thiazole rings is 1. The van der Waals surface area contributed by atoms with E-state index in [1.54, 1.807) is 11.3 Å². The molecule has 1 unspecified atom stereocenters. The Balaban J connectivity index is 1.60. The van der Waals surface area contributed by atoms with Crippen LogP contribution in [0, 0.1) is 18.6 Å². The van der Waals surface area contributed by atoms with Gasteiger partial charge in [0.1, 0.15) is 23.5 Å². The van der Waals surface area contributed by atoms with Crippen molar-refractivity contribution < 1.29 is 13.5 Å². The van der Waals surface area contributed by atoms with Crippen LogP contribution in [-0.2, 0) is 0 Å². The maximum atomic E-state index is 13.2. The summed E-state index contributed by atoms with van der Waals surface area (Å²) in [7, 11) is 0. The molecule has 0 saturated carbocycles. The molecule has 2 N–H and O–H groups in total. The topological polar surface area (TPSA) is 51.4 Å². The molecule has 1 aliphatic rings. The van der Waals surface area contributed by atoms with Crippen molar-refractivity contribution in [3.8, 4) is 5.75 Å². The van der Waals surface area contributed by atoms with E-state index in [-0.39, 0.29) is 17.9 Å². The van der Waals surface area contributed by atoms with E-state index in [4.69, 9.17) is 10.5 Å². The predicted molar refractivity (Wildman–Crippen MR) is 90.2 cm³/mol. The average molecular weight is 353 g/mol. The number of rotatable bonds is 5. The smallest absolute Gasteiger partial charge is 0.129 e. The third-order valence-electron chi connectivity index (χ3n) is 4.36. The Morgan fingerprint density at radius 3 is 2.50 bits per heavy atom. The number of nitrogens with two attached hydrogens (primary N) is 1. The van der Waals surface area contributed by atoms with E-state index >= 15 is 0 Å². The average Bonchev–Trinajstić information content (AvgIpc) is 2.95. The molecule has 0 amide bonds. The van der Waals surface area contributed by atoms with E-state index in [1.165, 1.54) is 17.0 Å². The molecule has 4 nitrogen and oxygen atoms in total. The molecule has 7 heteroatoms. The van der Waals surface area contributed by atoms with Gasteiger partial charge in [-0.25, -0.2) is 13.8 Å². The zero-order valence-electron chi connectivity index (χ0n) is 13.5. The number of aryl methyl sites for hydroxylation is 1. The molecule has 130 valence electrons. The number of ether oxygens (including phenoxy) is 1. The van der Waals surface area contributed by atoms with Gasteiger partial charge in [0.25, 0.3) is 0 Å². The Bertz CT molecular complexity index is 666. The summed E-state index contributed by atoms with van der Waals surface area (Å²) >= 11 is 1.64. The molecule has 1 fully saturated rings. The second kappa shape index (κ2) is 7.55. The van der Waals surface area contributed by atoms with Crippen LogP contribution < -0.4 is 10.5 Å². The highest BCUT2D eigenvalue weighted by molar-refractivity contribution is 7.09. The van der Waals surface area contributed by atoms with Gasteiger partial charge in [-0.2, -0.15) is 0 Å². The minimum atomic E-state index is -0.619. The summed E-state index contributed by atoms with van der Waals surface area (Å²) in [5.74, 6) is -0.989. The number of benzene rings is 1. The number of hydrogen-bond acceptors (Lipinski definition) is 5. The number of likely N-dealkylation sites (tertiary alicyclic amines) is 1. The van der Waals surface area contributed by atoms with E-state index in [0.29, 0.717) is 6.54 Å². The van der Waals surface area contributed by atoms with Crippen LogP contribution in [0.15, 0.2) is 23.7 Å². The summed E-state index contributed by atoms with van der Waals surface area (Å²) in [4.78, 5) is 7.86. The van der Waals surface area contributed by atoms with Crippen LogP contribution in [0.1, 0.15) is 29.5 Å². The van der Waals surface area contributed by atoms with Crippen molar-refractivity contribution in [3.63, 3.8) is 0 Å². The molecular weight excluding hydrogens is 332 g/mol. The quantitative estimate of drug-likeness (QED) is 0.896. The summed E-state index contributed by atoms with van der Waals surface area (Å²) in [6.45, 7) is 4.22. The van der Waals surface area contributed by atoms with Crippen LogP contribution in [0.4, 0.5) is 8.78 Å². The van der Waals surface area contributed by atoms with Gasteiger partial charge in [0.05, 0.1) is 17.2 Å². The lowest BCUT2D eigenvalue weighted by molar-refractivity contribution is 0.0773. The molecule has 1 saturated heterocycles. The molecule has 1 aromatic heterocycles. The molecule has 1 aliphatic heterocycles. The van der Waals surface area contributed by atoms with Crippen LogP contribution in [0.3, 0.4) is 0 Å². The summed E-state index contributed by atoms with van der Waals surface area (Å²) in [5.41, 5.74) is 8.86. The number of aromatic nitrogens is 1. The lowest BCUT2D eigenvalue weighted by Gasteiger charge is -2.36. The SMILES string of the molecule is Cc1ncsc1C(CN)N1CCC(Oc2cc(F)cc(F)c2)CC1. The summed E-state index contributed by atoms with van der Waals surface area (Å²) in [6, 6.07) is 3.46. The van der Waals surface area contributed by atoms with Gasteiger partial charge in [0.2, 0.25) is 0 Å². The van der Waals surface area contributed by atoms with Crippen molar-refractivity contribution in [1.29, 1.82) is 0 Å². The standard InChI is InChI=1S/C17H21F2N3OS/c1-11-17(24-10-21-11)16(9-20)22-4-2-14(3-5-22)23-15-7-12(18)6-13(19)8-15/h6-8,10,14,16H,2-5,9,20H2,1H3. The Hall–Kier alpha value is -1.57. The van der Waals surface area contributed by atoms with Gasteiger partial charge >= 0.3 is 0 Å². The van der Waals surface area contributed by atoms with Crippen molar-refractivity contribution in [2.45, 2.75) is 31.9 Å². The first-order chi connectivity index (χ1) is 11.6. The van der Waals surface area contributed by atoms with Crippen molar-refractivity contribution in [2.75, 3.05) is 19.6 Å². The van der Waals surface area contributed by atoms with Gasteiger partial charge in [0.15, 0.2) is 0 Å². The van der Waals surface area contributed by atoms with Crippen molar-refractivity contribution in [2.24, 2.45) is 5.73 Å². The van der Waals surface area contributed by atoms with Crippen LogP contribution in [-0.4, -0.2) is 35.6 Å². The fourth-order valence-corrected chi connectivity index (χ4v) is 4.10. The zero-order chi connectivity index (χ0) is 17.1. The molecule has 1 atom stereocenters. The first kappa shape index (κ1) is 17.3. The summed E-state index contributed by atoms with van der Waals surface area (Å²) < 4.78 is 32.2. The number of nitrogens with zero attached hydrogens (tertiary/aromatic N) is 2. The van der Waals surface area contributed by atoms with Gasteiger partial charge in [-0.05, 0) is 19.8 Å². The van der Waals surface area contributed by atoms with Crippen molar-refractivity contribution in [3.05, 3.63) is 45.9 Å². The van der Waals surface area contributed by atoms with E-state index < -0.39 is 11.6 Å². The van der Waals surface area contributed by atoms with Crippen molar-refractivity contribution in [1.82, 2.24) is 9.88 Å². The number of hydrogen-bond donors (Lipinski definition) is 1. The fourth-order valence-electron chi connectivity index (χ4n) is 3.15. The maximum absolute atomic E-state index is 13.2. The summed E-state index contributed by atoms with van der Waals surface area (Å²) in [5, 5.41) is 0. The van der Waals surface area contributed by atoms with E-state index in [2.05, 4.69) is 9.88 Å². The molecule has 2 heterocycles. The molecule has 2 aromatic rings. The predicted octanol–water partition coefficient (Wildman–Crippen LogP) is 3.27.